The van der Waals surface area contributed by atoms with Gasteiger partial charge in [-0.3, -0.25) is 0 Å². The zero-order valence-corrected chi connectivity index (χ0v) is 12.1. The molecule has 18 heavy (non-hydrogen) atoms. The van der Waals surface area contributed by atoms with Gasteiger partial charge in [0.1, 0.15) is 0 Å². The van der Waals surface area contributed by atoms with Crippen molar-refractivity contribution >= 4 is 0 Å². The van der Waals surface area contributed by atoms with Crippen LogP contribution in [-0.4, -0.2) is 35.2 Å². The lowest BCUT2D eigenvalue weighted by atomic mass is 9.92. The monoisotopic (exact) mass is 253 g/mol. The van der Waals surface area contributed by atoms with Crippen LogP contribution in [0.25, 0.3) is 0 Å². The normalized spacial score (nSPS) is 35.3. The SMILES string of the molecule is CCCC1CCCCN1CC1CCCCCC1O. The smallest absolute Gasteiger partial charge is 0.0580 e. The molecule has 2 fully saturated rings. The summed E-state index contributed by atoms with van der Waals surface area (Å²) < 4.78 is 0. The summed E-state index contributed by atoms with van der Waals surface area (Å²) in [5.74, 6) is 0.546. The first kappa shape index (κ1) is 14.3. The van der Waals surface area contributed by atoms with Crippen molar-refractivity contribution < 1.29 is 5.11 Å². The molecule has 1 saturated carbocycles. The third-order valence-corrected chi connectivity index (χ3v) is 4.96. The second-order valence-corrected chi connectivity index (χ2v) is 6.40. The van der Waals surface area contributed by atoms with Gasteiger partial charge in [-0.2, -0.15) is 0 Å². The van der Waals surface area contributed by atoms with Crippen molar-refractivity contribution in [3.8, 4) is 0 Å². The third kappa shape index (κ3) is 3.96. The molecule has 0 radical (unpaired) electrons. The molecule has 0 aromatic heterocycles. The fraction of sp³-hybridized carbons (Fsp3) is 1.00. The van der Waals surface area contributed by atoms with E-state index in [4.69, 9.17) is 0 Å². The van der Waals surface area contributed by atoms with Crippen LogP contribution in [0.3, 0.4) is 0 Å². The molecule has 0 aromatic rings. The Kier molecular flexibility index (Phi) is 5.97. The summed E-state index contributed by atoms with van der Waals surface area (Å²) in [4.78, 5) is 2.70. The Hall–Kier alpha value is -0.0800. The Balaban J connectivity index is 1.88. The Bertz CT molecular complexity index is 229. The summed E-state index contributed by atoms with van der Waals surface area (Å²) in [7, 11) is 0. The quantitative estimate of drug-likeness (QED) is 0.774. The summed E-state index contributed by atoms with van der Waals surface area (Å²) in [5.41, 5.74) is 0. The van der Waals surface area contributed by atoms with Gasteiger partial charge in [-0.05, 0) is 44.6 Å². The Labute approximate surface area is 113 Å². The number of hydrogen-bond acceptors (Lipinski definition) is 2. The second-order valence-electron chi connectivity index (χ2n) is 6.40. The topological polar surface area (TPSA) is 23.5 Å². The van der Waals surface area contributed by atoms with Crippen molar-refractivity contribution in [1.29, 1.82) is 0 Å². The van der Waals surface area contributed by atoms with Crippen LogP contribution in [0.4, 0.5) is 0 Å². The van der Waals surface area contributed by atoms with Gasteiger partial charge < -0.3 is 10.0 Å². The number of hydrogen-bond donors (Lipinski definition) is 1. The lowest BCUT2D eigenvalue weighted by Gasteiger charge is -2.38. The minimum Gasteiger partial charge on any atom is -0.393 e. The zero-order chi connectivity index (χ0) is 12.8. The van der Waals surface area contributed by atoms with Crippen molar-refractivity contribution in [1.82, 2.24) is 4.90 Å². The van der Waals surface area contributed by atoms with Crippen LogP contribution in [0.5, 0.6) is 0 Å². The average molecular weight is 253 g/mol. The second kappa shape index (κ2) is 7.49. The fourth-order valence-electron chi connectivity index (χ4n) is 3.84. The number of likely N-dealkylation sites (tertiary alicyclic amines) is 1. The summed E-state index contributed by atoms with van der Waals surface area (Å²) in [6.07, 6.45) is 13.0. The van der Waals surface area contributed by atoms with Gasteiger partial charge in [0, 0.05) is 12.6 Å². The number of piperidine rings is 1. The van der Waals surface area contributed by atoms with Crippen molar-refractivity contribution in [2.45, 2.75) is 83.3 Å². The maximum absolute atomic E-state index is 10.3. The largest absolute Gasteiger partial charge is 0.393 e. The number of aliphatic hydroxyl groups is 1. The predicted molar refractivity (Wildman–Crippen MR) is 76.7 cm³/mol. The van der Waals surface area contributed by atoms with Crippen molar-refractivity contribution in [3.63, 3.8) is 0 Å². The molecule has 2 heteroatoms. The molecule has 1 N–H and O–H groups in total. The van der Waals surface area contributed by atoms with Crippen molar-refractivity contribution in [3.05, 3.63) is 0 Å². The highest BCUT2D eigenvalue weighted by molar-refractivity contribution is 4.82. The van der Waals surface area contributed by atoms with E-state index in [9.17, 15) is 5.11 Å². The molecule has 1 aliphatic carbocycles. The van der Waals surface area contributed by atoms with E-state index in [1.807, 2.05) is 0 Å². The van der Waals surface area contributed by atoms with Gasteiger partial charge in [0.05, 0.1) is 6.10 Å². The maximum Gasteiger partial charge on any atom is 0.0580 e. The van der Waals surface area contributed by atoms with E-state index in [1.54, 1.807) is 0 Å². The molecule has 3 atom stereocenters. The molecule has 106 valence electrons. The summed E-state index contributed by atoms with van der Waals surface area (Å²) >= 11 is 0. The highest BCUT2D eigenvalue weighted by Gasteiger charge is 2.28. The number of aliphatic hydroxyl groups excluding tert-OH is 1. The predicted octanol–water partition coefficient (Wildman–Crippen LogP) is 3.58. The van der Waals surface area contributed by atoms with E-state index in [0.717, 1.165) is 19.0 Å². The Morgan fingerprint density at radius 2 is 1.78 bits per heavy atom. The summed E-state index contributed by atoms with van der Waals surface area (Å²) in [6, 6.07) is 0.805. The fourth-order valence-corrected chi connectivity index (χ4v) is 3.84. The number of nitrogens with zero attached hydrogens (tertiary/aromatic N) is 1. The average Bonchev–Trinajstić information content (AvgIpc) is 2.58. The van der Waals surface area contributed by atoms with Gasteiger partial charge in [-0.25, -0.2) is 0 Å². The lowest BCUT2D eigenvalue weighted by Crippen LogP contribution is -2.44. The van der Waals surface area contributed by atoms with Crippen LogP contribution < -0.4 is 0 Å². The molecule has 1 heterocycles. The van der Waals surface area contributed by atoms with Gasteiger partial charge in [-0.1, -0.05) is 39.0 Å². The molecular formula is C16H31NO. The standard InChI is InChI=1S/C16H31NO/c1-2-8-15-10-6-7-12-17(15)13-14-9-4-3-5-11-16(14)18/h14-16,18H,2-13H2,1H3. The minimum atomic E-state index is -0.0308. The van der Waals surface area contributed by atoms with Gasteiger partial charge in [0.15, 0.2) is 0 Å². The van der Waals surface area contributed by atoms with E-state index in [2.05, 4.69) is 11.8 Å². The molecule has 0 amide bonds. The van der Waals surface area contributed by atoms with Crippen LogP contribution in [0, 0.1) is 5.92 Å². The van der Waals surface area contributed by atoms with Crippen LogP contribution in [0.15, 0.2) is 0 Å². The summed E-state index contributed by atoms with van der Waals surface area (Å²) in [5, 5.41) is 10.3. The zero-order valence-electron chi connectivity index (χ0n) is 12.1. The molecule has 1 saturated heterocycles. The van der Waals surface area contributed by atoms with Gasteiger partial charge in [0.2, 0.25) is 0 Å². The van der Waals surface area contributed by atoms with Crippen LogP contribution in [0.2, 0.25) is 0 Å². The highest BCUT2D eigenvalue weighted by Crippen LogP contribution is 2.28. The van der Waals surface area contributed by atoms with Crippen molar-refractivity contribution in [2.24, 2.45) is 5.92 Å². The molecule has 2 aliphatic rings. The molecule has 1 aliphatic heterocycles. The van der Waals surface area contributed by atoms with E-state index in [-0.39, 0.29) is 6.10 Å². The van der Waals surface area contributed by atoms with Crippen LogP contribution in [-0.2, 0) is 0 Å². The first-order valence-corrected chi connectivity index (χ1v) is 8.23. The molecule has 0 spiro atoms. The van der Waals surface area contributed by atoms with Gasteiger partial charge in [0.25, 0.3) is 0 Å². The van der Waals surface area contributed by atoms with Crippen LogP contribution >= 0.6 is 0 Å². The molecule has 3 unspecified atom stereocenters. The number of rotatable bonds is 4. The van der Waals surface area contributed by atoms with E-state index in [0.29, 0.717) is 5.92 Å². The minimum absolute atomic E-state index is 0.0308. The molecule has 2 nitrogen and oxygen atoms in total. The van der Waals surface area contributed by atoms with Crippen molar-refractivity contribution in [2.75, 3.05) is 13.1 Å². The Morgan fingerprint density at radius 3 is 2.61 bits per heavy atom. The lowest BCUT2D eigenvalue weighted by molar-refractivity contribution is 0.0466. The first-order chi connectivity index (χ1) is 8.81. The van der Waals surface area contributed by atoms with E-state index in [1.165, 1.54) is 64.3 Å². The Morgan fingerprint density at radius 1 is 1.00 bits per heavy atom. The molecule has 0 aromatic carbocycles. The van der Waals surface area contributed by atoms with Gasteiger partial charge in [-0.15, -0.1) is 0 Å². The van der Waals surface area contributed by atoms with Gasteiger partial charge >= 0.3 is 0 Å². The summed E-state index contributed by atoms with van der Waals surface area (Å²) in [6.45, 7) is 4.73. The van der Waals surface area contributed by atoms with Crippen LogP contribution in [0.1, 0.15) is 71.1 Å². The maximum atomic E-state index is 10.3. The molecule has 0 bridgehead atoms. The molecular weight excluding hydrogens is 222 g/mol. The molecule has 2 rings (SSSR count). The van der Waals surface area contributed by atoms with E-state index >= 15 is 0 Å². The van der Waals surface area contributed by atoms with E-state index < -0.39 is 0 Å². The highest BCUT2D eigenvalue weighted by atomic mass is 16.3. The third-order valence-electron chi connectivity index (χ3n) is 4.96. The first-order valence-electron chi connectivity index (χ1n) is 8.23.